The number of nitrogens with zero attached hydrogens (tertiary/aromatic N) is 1. The second kappa shape index (κ2) is 7.62. The number of carboxylic acids is 1. The van der Waals surface area contributed by atoms with E-state index in [2.05, 4.69) is 9.97 Å². The van der Waals surface area contributed by atoms with E-state index in [1.54, 1.807) is 0 Å². The van der Waals surface area contributed by atoms with Gasteiger partial charge in [-0.15, -0.1) is 0 Å². The fourth-order valence-corrected chi connectivity index (χ4v) is 2.56. The predicted molar refractivity (Wildman–Crippen MR) is 86.4 cm³/mol. The maximum atomic E-state index is 12.1. The lowest BCUT2D eigenvalue weighted by Gasteiger charge is -2.19. The first kappa shape index (κ1) is 16.8. The van der Waals surface area contributed by atoms with Crippen LogP contribution in [0.5, 0.6) is 0 Å². The molecule has 3 N–H and O–H groups in total. The Morgan fingerprint density at radius 2 is 1.96 bits per heavy atom. The molecule has 0 saturated carbocycles. The quantitative estimate of drug-likeness (QED) is 0.685. The Morgan fingerprint density at radius 1 is 1.22 bits per heavy atom. The lowest BCUT2D eigenvalue weighted by Crippen LogP contribution is -2.36. The molecule has 0 atom stereocenters. The van der Waals surface area contributed by atoms with E-state index in [-0.39, 0.29) is 18.1 Å². The molecule has 1 heterocycles. The lowest BCUT2D eigenvalue weighted by molar-refractivity contribution is -0.144. The molecule has 0 aliphatic carbocycles. The Labute approximate surface area is 133 Å². The Hall–Kier alpha value is -2.57. The lowest BCUT2D eigenvalue weighted by atomic mass is 10.1. The molecule has 23 heavy (non-hydrogen) atoms. The topological polar surface area (TPSA) is 106 Å². The molecule has 0 aliphatic heterocycles. The average molecular weight is 319 g/mol. The fourth-order valence-electron chi connectivity index (χ4n) is 2.56. The molecule has 0 spiro atoms. The highest BCUT2D eigenvalue weighted by molar-refractivity contribution is 5.81. The van der Waals surface area contributed by atoms with Gasteiger partial charge in [-0.3, -0.25) is 9.59 Å². The summed E-state index contributed by atoms with van der Waals surface area (Å²) in [6, 6.07) is 5.63. The van der Waals surface area contributed by atoms with Crippen LogP contribution in [0.25, 0.3) is 11.0 Å². The van der Waals surface area contributed by atoms with E-state index >= 15 is 0 Å². The van der Waals surface area contributed by atoms with Crippen molar-refractivity contribution in [1.29, 1.82) is 0 Å². The Bertz CT molecular complexity index is 747. The molecular formula is C16H21N3O4. The number of fused-ring (bicyclic) bond motifs is 1. The summed E-state index contributed by atoms with van der Waals surface area (Å²) in [6.07, 6.45) is 2.38. The molecule has 0 bridgehead atoms. The van der Waals surface area contributed by atoms with Crippen LogP contribution < -0.4 is 5.69 Å². The molecule has 1 aromatic carbocycles. The van der Waals surface area contributed by atoms with Gasteiger partial charge in [0.25, 0.3) is 0 Å². The molecular weight excluding hydrogens is 298 g/mol. The van der Waals surface area contributed by atoms with E-state index < -0.39 is 5.97 Å². The standard InChI is InChI=1S/C16H21N3O4/c1-2-8-19(10-15(21)22)14(20)5-3-4-11-6-7-12-13(9-11)18-16(23)17-12/h6-7,9H,2-5,8,10H2,1H3,(H,21,22)(H2,17,18,23). The van der Waals surface area contributed by atoms with Crippen LogP contribution in [0.15, 0.2) is 23.0 Å². The number of amides is 1. The molecule has 0 fully saturated rings. The van der Waals surface area contributed by atoms with Gasteiger partial charge in [-0.05, 0) is 37.0 Å². The highest BCUT2D eigenvalue weighted by atomic mass is 16.4. The van der Waals surface area contributed by atoms with Gasteiger partial charge in [-0.25, -0.2) is 4.79 Å². The third-order valence-electron chi connectivity index (χ3n) is 3.61. The van der Waals surface area contributed by atoms with Crippen LogP contribution >= 0.6 is 0 Å². The largest absolute Gasteiger partial charge is 0.480 e. The number of carbonyl (C=O) groups is 2. The minimum absolute atomic E-state index is 0.134. The van der Waals surface area contributed by atoms with E-state index in [0.717, 1.165) is 23.0 Å². The minimum atomic E-state index is -0.992. The summed E-state index contributed by atoms with van der Waals surface area (Å²) in [5.74, 6) is -1.13. The molecule has 7 heteroatoms. The third-order valence-corrected chi connectivity index (χ3v) is 3.61. The monoisotopic (exact) mass is 319 g/mol. The van der Waals surface area contributed by atoms with Gasteiger partial charge in [0.2, 0.25) is 5.91 Å². The number of nitrogens with one attached hydrogen (secondary N) is 2. The average Bonchev–Trinajstić information content (AvgIpc) is 2.85. The molecule has 0 unspecified atom stereocenters. The molecule has 0 saturated heterocycles. The van der Waals surface area contributed by atoms with Crippen LogP contribution in [0.2, 0.25) is 0 Å². The van der Waals surface area contributed by atoms with Gasteiger partial charge < -0.3 is 20.0 Å². The number of rotatable bonds is 8. The molecule has 1 aromatic heterocycles. The van der Waals surface area contributed by atoms with Crippen LogP contribution in [0.4, 0.5) is 0 Å². The second-order valence-electron chi connectivity index (χ2n) is 5.52. The second-order valence-corrected chi connectivity index (χ2v) is 5.52. The Kier molecular flexibility index (Phi) is 5.56. The number of aryl methyl sites for hydroxylation is 1. The zero-order valence-corrected chi connectivity index (χ0v) is 13.1. The van der Waals surface area contributed by atoms with Gasteiger partial charge in [0, 0.05) is 13.0 Å². The fraction of sp³-hybridized carbons (Fsp3) is 0.438. The zero-order valence-electron chi connectivity index (χ0n) is 13.1. The van der Waals surface area contributed by atoms with Gasteiger partial charge in [0.1, 0.15) is 6.54 Å². The summed E-state index contributed by atoms with van der Waals surface area (Å²) in [7, 11) is 0. The number of imidazole rings is 1. The summed E-state index contributed by atoms with van der Waals surface area (Å²) in [5, 5.41) is 8.84. The number of aromatic amines is 2. The minimum Gasteiger partial charge on any atom is -0.480 e. The van der Waals surface area contributed by atoms with Crippen molar-refractivity contribution >= 4 is 22.9 Å². The van der Waals surface area contributed by atoms with Crippen molar-refractivity contribution < 1.29 is 14.7 Å². The van der Waals surface area contributed by atoms with Gasteiger partial charge in [0.15, 0.2) is 0 Å². The Balaban J connectivity index is 1.90. The van der Waals surface area contributed by atoms with Crippen LogP contribution in [0, 0.1) is 0 Å². The van der Waals surface area contributed by atoms with Crippen molar-refractivity contribution in [3.8, 4) is 0 Å². The maximum absolute atomic E-state index is 12.1. The molecule has 0 radical (unpaired) electrons. The number of hydrogen-bond donors (Lipinski definition) is 3. The number of benzene rings is 1. The predicted octanol–water partition coefficient (Wildman–Crippen LogP) is 1.50. The van der Waals surface area contributed by atoms with Crippen molar-refractivity contribution in [3.05, 3.63) is 34.2 Å². The third kappa shape index (κ3) is 4.70. The number of carboxylic acid groups (broad SMARTS) is 1. The van der Waals surface area contributed by atoms with Crippen LogP contribution in [0.3, 0.4) is 0 Å². The summed E-state index contributed by atoms with van der Waals surface area (Å²) in [5.41, 5.74) is 2.29. The van der Waals surface area contributed by atoms with Gasteiger partial charge in [0.05, 0.1) is 11.0 Å². The normalized spacial score (nSPS) is 10.8. The highest BCUT2D eigenvalue weighted by Crippen LogP contribution is 2.13. The van der Waals surface area contributed by atoms with E-state index in [0.29, 0.717) is 25.8 Å². The molecule has 0 aliphatic rings. The molecule has 2 rings (SSSR count). The van der Waals surface area contributed by atoms with Crippen LogP contribution in [-0.2, 0) is 16.0 Å². The summed E-state index contributed by atoms with van der Waals surface area (Å²) < 4.78 is 0. The highest BCUT2D eigenvalue weighted by Gasteiger charge is 2.15. The maximum Gasteiger partial charge on any atom is 0.323 e. The molecule has 7 nitrogen and oxygen atoms in total. The van der Waals surface area contributed by atoms with Crippen molar-refractivity contribution in [2.24, 2.45) is 0 Å². The van der Waals surface area contributed by atoms with Crippen LogP contribution in [-0.4, -0.2) is 44.9 Å². The number of aromatic nitrogens is 2. The number of aliphatic carboxylic acids is 1. The summed E-state index contributed by atoms with van der Waals surface area (Å²) >= 11 is 0. The van der Waals surface area contributed by atoms with Crippen molar-refractivity contribution in [2.75, 3.05) is 13.1 Å². The molecule has 1 amide bonds. The van der Waals surface area contributed by atoms with E-state index in [1.165, 1.54) is 4.90 Å². The number of H-pyrrole nitrogens is 2. The Morgan fingerprint density at radius 3 is 2.65 bits per heavy atom. The van der Waals surface area contributed by atoms with E-state index in [1.807, 2.05) is 25.1 Å². The number of carbonyl (C=O) groups excluding carboxylic acids is 1. The first-order chi connectivity index (χ1) is 11.0. The van der Waals surface area contributed by atoms with Gasteiger partial charge in [-0.2, -0.15) is 0 Å². The SMILES string of the molecule is CCCN(CC(=O)O)C(=O)CCCc1ccc2[nH]c(=O)[nH]c2c1. The molecule has 124 valence electrons. The zero-order chi connectivity index (χ0) is 16.8. The van der Waals surface area contributed by atoms with Crippen molar-refractivity contribution in [2.45, 2.75) is 32.6 Å². The number of hydrogen-bond acceptors (Lipinski definition) is 3. The first-order valence-corrected chi connectivity index (χ1v) is 7.70. The smallest absolute Gasteiger partial charge is 0.323 e. The van der Waals surface area contributed by atoms with E-state index in [4.69, 9.17) is 5.11 Å². The van der Waals surface area contributed by atoms with Crippen molar-refractivity contribution in [3.63, 3.8) is 0 Å². The van der Waals surface area contributed by atoms with E-state index in [9.17, 15) is 14.4 Å². The summed E-state index contributed by atoms with van der Waals surface area (Å²) in [4.78, 5) is 40.9. The van der Waals surface area contributed by atoms with Gasteiger partial charge >= 0.3 is 11.7 Å². The summed E-state index contributed by atoms with van der Waals surface area (Å²) in [6.45, 7) is 2.12. The first-order valence-electron chi connectivity index (χ1n) is 7.70. The van der Waals surface area contributed by atoms with Gasteiger partial charge in [-0.1, -0.05) is 13.0 Å². The van der Waals surface area contributed by atoms with Crippen molar-refractivity contribution in [1.82, 2.24) is 14.9 Å². The van der Waals surface area contributed by atoms with Crippen LogP contribution in [0.1, 0.15) is 31.7 Å². The molecule has 2 aromatic rings.